The van der Waals surface area contributed by atoms with Crippen molar-refractivity contribution in [2.75, 3.05) is 4.90 Å². The van der Waals surface area contributed by atoms with E-state index in [0.29, 0.717) is 0 Å². The van der Waals surface area contributed by atoms with Crippen LogP contribution in [0.1, 0.15) is 0 Å². The molecule has 11 aromatic rings. The lowest BCUT2D eigenvalue weighted by atomic mass is 9.99. The first-order valence-electron chi connectivity index (χ1n) is 19.4. The van der Waals surface area contributed by atoms with Crippen LogP contribution in [0.15, 0.2) is 223 Å². The van der Waals surface area contributed by atoms with Crippen molar-refractivity contribution in [3.63, 3.8) is 0 Å². The van der Waals surface area contributed by atoms with Gasteiger partial charge in [-0.3, -0.25) is 0 Å². The molecular weight excluding hydrogens is 693 g/mol. The number of fused-ring (bicyclic) bond motifs is 6. The van der Waals surface area contributed by atoms with Crippen LogP contribution in [0.3, 0.4) is 0 Å². The minimum absolute atomic E-state index is 0.883. The van der Waals surface area contributed by atoms with Crippen molar-refractivity contribution in [1.82, 2.24) is 4.57 Å². The highest BCUT2D eigenvalue weighted by Crippen LogP contribution is 2.43. The molecule has 0 bridgehead atoms. The van der Waals surface area contributed by atoms with E-state index in [1.165, 1.54) is 27.4 Å². The number of anilines is 3. The highest BCUT2D eigenvalue weighted by molar-refractivity contribution is 6.09. The summed E-state index contributed by atoms with van der Waals surface area (Å²) < 4.78 is 8.74. The third kappa shape index (κ3) is 5.68. The summed E-state index contributed by atoms with van der Waals surface area (Å²) in [6, 6.07) is 78.2. The Labute approximate surface area is 330 Å². The maximum Gasteiger partial charge on any atom is 0.136 e. The molecule has 0 saturated carbocycles. The van der Waals surface area contributed by atoms with Gasteiger partial charge in [-0.25, -0.2) is 0 Å². The third-order valence-electron chi connectivity index (χ3n) is 11.2. The zero-order valence-electron chi connectivity index (χ0n) is 31.1. The molecule has 0 aliphatic rings. The molecule has 268 valence electrons. The largest absolute Gasteiger partial charge is 0.456 e. The Bertz CT molecular complexity index is 3190. The molecule has 0 saturated heterocycles. The maximum absolute atomic E-state index is 6.36. The van der Waals surface area contributed by atoms with Gasteiger partial charge < -0.3 is 13.9 Å². The van der Waals surface area contributed by atoms with Crippen molar-refractivity contribution < 1.29 is 4.42 Å². The topological polar surface area (TPSA) is 21.3 Å². The first-order chi connectivity index (χ1) is 28.3. The molecule has 2 aromatic heterocycles. The lowest BCUT2D eigenvalue weighted by Gasteiger charge is -2.28. The molecule has 0 aliphatic carbocycles. The highest BCUT2D eigenvalue weighted by atomic mass is 16.3. The summed E-state index contributed by atoms with van der Waals surface area (Å²) in [5.74, 6) is 0. The summed E-state index contributed by atoms with van der Waals surface area (Å²) in [5.41, 5.74) is 15.5. The first-order valence-corrected chi connectivity index (χ1v) is 19.4. The maximum atomic E-state index is 6.36. The summed E-state index contributed by atoms with van der Waals surface area (Å²) >= 11 is 0. The van der Waals surface area contributed by atoms with Gasteiger partial charge in [0.2, 0.25) is 0 Å². The van der Waals surface area contributed by atoms with E-state index in [1.54, 1.807) is 0 Å². The predicted molar refractivity (Wildman–Crippen MR) is 239 cm³/mol. The molecule has 0 fully saturated rings. The molecular formula is C54H36N2O. The van der Waals surface area contributed by atoms with Crippen molar-refractivity contribution in [2.24, 2.45) is 0 Å². The van der Waals surface area contributed by atoms with Crippen LogP contribution in [0.2, 0.25) is 0 Å². The van der Waals surface area contributed by atoms with Gasteiger partial charge in [0.25, 0.3) is 0 Å². The molecule has 3 heteroatoms. The summed E-state index contributed by atoms with van der Waals surface area (Å²) in [6.07, 6.45) is 0. The number of aromatic nitrogens is 1. The summed E-state index contributed by atoms with van der Waals surface area (Å²) in [6.45, 7) is 0. The molecule has 9 aromatic carbocycles. The van der Waals surface area contributed by atoms with Crippen molar-refractivity contribution in [1.29, 1.82) is 0 Å². The van der Waals surface area contributed by atoms with E-state index in [0.717, 1.165) is 72.5 Å². The van der Waals surface area contributed by atoms with Crippen molar-refractivity contribution in [2.45, 2.75) is 0 Å². The number of para-hydroxylation sites is 4. The molecule has 0 N–H and O–H groups in total. The van der Waals surface area contributed by atoms with Crippen LogP contribution in [0.25, 0.3) is 82.8 Å². The van der Waals surface area contributed by atoms with Crippen LogP contribution in [-0.2, 0) is 0 Å². The van der Waals surface area contributed by atoms with E-state index < -0.39 is 0 Å². The SMILES string of the molecule is c1ccc(-c2cccc(N(c3ccc(-c4cccc(-n5c6ccccc6c6ccccc65)c4)cc3)c3ccccc3-c3ccc4c(c3)oc3ccccc34)c2)cc1. The molecule has 0 aliphatic heterocycles. The Hall–Kier alpha value is -7.62. The number of furan rings is 1. The van der Waals surface area contributed by atoms with Gasteiger partial charge in [0, 0.05) is 44.2 Å². The number of hydrogen-bond acceptors (Lipinski definition) is 2. The molecule has 0 amide bonds. The predicted octanol–water partition coefficient (Wildman–Crippen LogP) is 15.2. The Kier molecular flexibility index (Phi) is 7.82. The zero-order valence-corrected chi connectivity index (χ0v) is 31.1. The lowest BCUT2D eigenvalue weighted by molar-refractivity contribution is 0.669. The Balaban J connectivity index is 1.03. The Morgan fingerprint density at radius 2 is 0.912 bits per heavy atom. The van der Waals surface area contributed by atoms with E-state index in [2.05, 4.69) is 216 Å². The van der Waals surface area contributed by atoms with Gasteiger partial charge in [0.1, 0.15) is 11.2 Å². The first kappa shape index (κ1) is 32.8. The Morgan fingerprint density at radius 1 is 0.333 bits per heavy atom. The van der Waals surface area contributed by atoms with Crippen molar-refractivity contribution in [3.8, 4) is 39.1 Å². The van der Waals surface area contributed by atoms with Crippen molar-refractivity contribution in [3.05, 3.63) is 218 Å². The second kappa shape index (κ2) is 13.6. The molecule has 0 spiro atoms. The molecule has 0 atom stereocenters. The van der Waals surface area contributed by atoms with Crippen LogP contribution in [0, 0.1) is 0 Å². The Morgan fingerprint density at radius 3 is 1.70 bits per heavy atom. The van der Waals surface area contributed by atoms with Gasteiger partial charge in [-0.2, -0.15) is 0 Å². The number of nitrogens with zero attached hydrogens (tertiary/aromatic N) is 2. The normalized spacial score (nSPS) is 11.5. The van der Waals surface area contributed by atoms with Gasteiger partial charge in [-0.1, -0.05) is 146 Å². The monoisotopic (exact) mass is 728 g/mol. The van der Waals surface area contributed by atoms with Gasteiger partial charge >= 0.3 is 0 Å². The van der Waals surface area contributed by atoms with Gasteiger partial charge in [-0.05, 0) is 101 Å². The number of rotatable bonds is 7. The molecule has 0 unspecified atom stereocenters. The molecule has 57 heavy (non-hydrogen) atoms. The van der Waals surface area contributed by atoms with Crippen LogP contribution < -0.4 is 4.90 Å². The molecule has 2 heterocycles. The fraction of sp³-hybridized carbons (Fsp3) is 0. The summed E-state index contributed by atoms with van der Waals surface area (Å²) in [7, 11) is 0. The fourth-order valence-electron chi connectivity index (χ4n) is 8.52. The number of benzene rings is 9. The molecule has 3 nitrogen and oxygen atoms in total. The van der Waals surface area contributed by atoms with E-state index in [4.69, 9.17) is 4.42 Å². The fourth-order valence-corrected chi connectivity index (χ4v) is 8.52. The minimum Gasteiger partial charge on any atom is -0.456 e. The second-order valence-corrected chi connectivity index (χ2v) is 14.5. The van der Waals surface area contributed by atoms with E-state index in [9.17, 15) is 0 Å². The standard InChI is InChI=1S/C54H36N2O/c1-2-14-37(15-3-1)39-16-12-18-43(34-39)55(50-24-8-4-20-45(50)41-30-33-49-48-23-7-11-27-53(48)57-54(49)36-41)42-31-28-38(29-32-42)40-17-13-19-44(35-40)56-51-25-9-5-21-46(51)47-22-6-10-26-52(47)56/h1-36H. The summed E-state index contributed by atoms with van der Waals surface area (Å²) in [4.78, 5) is 2.38. The van der Waals surface area contributed by atoms with Gasteiger partial charge in [0.05, 0.1) is 16.7 Å². The van der Waals surface area contributed by atoms with Crippen molar-refractivity contribution >= 4 is 60.8 Å². The van der Waals surface area contributed by atoms with E-state index >= 15 is 0 Å². The van der Waals surface area contributed by atoms with E-state index in [-0.39, 0.29) is 0 Å². The highest BCUT2D eigenvalue weighted by Gasteiger charge is 2.19. The quantitative estimate of drug-likeness (QED) is 0.163. The van der Waals surface area contributed by atoms with Crippen LogP contribution in [0.4, 0.5) is 17.1 Å². The smallest absolute Gasteiger partial charge is 0.136 e. The molecule has 0 radical (unpaired) electrons. The van der Waals surface area contributed by atoms with Gasteiger partial charge in [0.15, 0.2) is 0 Å². The average Bonchev–Trinajstić information content (AvgIpc) is 3.83. The van der Waals surface area contributed by atoms with Crippen LogP contribution >= 0.6 is 0 Å². The second-order valence-electron chi connectivity index (χ2n) is 14.5. The van der Waals surface area contributed by atoms with Crippen LogP contribution in [-0.4, -0.2) is 4.57 Å². The lowest BCUT2D eigenvalue weighted by Crippen LogP contribution is -2.11. The van der Waals surface area contributed by atoms with Crippen LogP contribution in [0.5, 0.6) is 0 Å². The minimum atomic E-state index is 0.883. The van der Waals surface area contributed by atoms with Gasteiger partial charge in [-0.15, -0.1) is 0 Å². The number of hydrogen-bond donors (Lipinski definition) is 0. The van der Waals surface area contributed by atoms with E-state index in [1.807, 2.05) is 12.1 Å². The molecule has 11 rings (SSSR count). The average molecular weight is 729 g/mol. The zero-order chi connectivity index (χ0) is 37.7. The third-order valence-corrected chi connectivity index (χ3v) is 11.2. The summed E-state index contributed by atoms with van der Waals surface area (Å²) in [5, 5.41) is 4.78.